The van der Waals surface area contributed by atoms with Crippen molar-refractivity contribution >= 4 is 23.1 Å². The van der Waals surface area contributed by atoms with Gasteiger partial charge in [-0.25, -0.2) is 4.98 Å². The summed E-state index contributed by atoms with van der Waals surface area (Å²) in [5.74, 6) is -2.39. The summed E-state index contributed by atoms with van der Waals surface area (Å²) in [6.07, 6.45) is 0. The zero-order valence-electron chi connectivity index (χ0n) is 7.48. The second-order valence-corrected chi connectivity index (χ2v) is 4.51. The number of alkyl halides is 2. The maximum absolute atomic E-state index is 12.0. The smallest absolute Gasteiger partial charge is 0.293 e. The lowest BCUT2D eigenvalue weighted by molar-refractivity contribution is 0.249. The fourth-order valence-electron chi connectivity index (χ4n) is 0.899. The minimum absolute atomic E-state index is 0.148. The summed E-state index contributed by atoms with van der Waals surface area (Å²) in [6, 6.07) is 0. The predicted molar refractivity (Wildman–Crippen MR) is 52.0 cm³/mol. The number of rotatable bonds is 3. The fraction of sp³-hybridized carbons (Fsp3) is 0.286. The molecule has 0 N–H and O–H groups in total. The van der Waals surface area contributed by atoms with E-state index in [1.807, 2.05) is 6.92 Å². The van der Waals surface area contributed by atoms with Crippen LogP contribution in [0.3, 0.4) is 0 Å². The van der Waals surface area contributed by atoms with Crippen LogP contribution in [-0.4, -0.2) is 20.9 Å². The van der Waals surface area contributed by atoms with Gasteiger partial charge in [-0.05, 0) is 6.92 Å². The standard InChI is InChI=1S/C7H5F2N3OS2/c1-3-10-4(2-14-3)5-11-12-7(13-5)15-6(8)9/h2,6H,1H3. The molecule has 0 radical (unpaired) electrons. The molecule has 2 aromatic heterocycles. The minimum Gasteiger partial charge on any atom is -0.409 e. The number of aromatic nitrogens is 3. The fourth-order valence-corrected chi connectivity index (χ4v) is 1.85. The van der Waals surface area contributed by atoms with Crippen LogP contribution in [0.25, 0.3) is 11.6 Å². The quantitative estimate of drug-likeness (QED) is 0.783. The van der Waals surface area contributed by atoms with Crippen LogP contribution in [-0.2, 0) is 0 Å². The number of thioether (sulfide) groups is 1. The minimum atomic E-state index is -2.56. The number of thiazole rings is 1. The second kappa shape index (κ2) is 4.23. The Morgan fingerprint density at radius 3 is 2.87 bits per heavy atom. The Hall–Kier alpha value is -1.02. The van der Waals surface area contributed by atoms with Gasteiger partial charge in [-0.15, -0.1) is 21.5 Å². The topological polar surface area (TPSA) is 51.8 Å². The molecule has 15 heavy (non-hydrogen) atoms. The van der Waals surface area contributed by atoms with Crippen molar-refractivity contribution in [2.24, 2.45) is 0 Å². The average molecular weight is 249 g/mol. The van der Waals surface area contributed by atoms with Crippen molar-refractivity contribution in [1.29, 1.82) is 0 Å². The van der Waals surface area contributed by atoms with Gasteiger partial charge in [0.1, 0.15) is 5.69 Å². The molecule has 0 saturated heterocycles. The second-order valence-electron chi connectivity index (χ2n) is 2.50. The molecule has 0 aliphatic carbocycles. The zero-order chi connectivity index (χ0) is 10.8. The van der Waals surface area contributed by atoms with Gasteiger partial charge in [0.05, 0.1) is 5.01 Å². The summed E-state index contributed by atoms with van der Waals surface area (Å²) in [6.45, 7) is 1.83. The Morgan fingerprint density at radius 1 is 1.47 bits per heavy atom. The summed E-state index contributed by atoms with van der Waals surface area (Å²) in [5.41, 5.74) is 0.520. The van der Waals surface area contributed by atoms with Crippen molar-refractivity contribution in [3.8, 4) is 11.6 Å². The number of hydrogen-bond acceptors (Lipinski definition) is 6. The van der Waals surface area contributed by atoms with E-state index in [1.165, 1.54) is 11.3 Å². The van der Waals surface area contributed by atoms with Gasteiger partial charge in [0.2, 0.25) is 0 Å². The monoisotopic (exact) mass is 249 g/mol. The Morgan fingerprint density at radius 2 is 2.27 bits per heavy atom. The maximum Gasteiger partial charge on any atom is 0.293 e. The molecule has 0 amide bonds. The third-order valence-corrected chi connectivity index (χ3v) is 2.75. The Labute approximate surface area is 91.7 Å². The van der Waals surface area contributed by atoms with E-state index in [-0.39, 0.29) is 22.9 Å². The molecule has 2 heterocycles. The molecule has 0 atom stereocenters. The van der Waals surface area contributed by atoms with Crippen LogP contribution in [0.5, 0.6) is 0 Å². The number of hydrogen-bond donors (Lipinski definition) is 0. The zero-order valence-corrected chi connectivity index (χ0v) is 9.11. The van der Waals surface area contributed by atoms with Gasteiger partial charge in [0.15, 0.2) is 0 Å². The van der Waals surface area contributed by atoms with Crippen molar-refractivity contribution in [2.45, 2.75) is 17.9 Å². The van der Waals surface area contributed by atoms with Crippen LogP contribution in [0.15, 0.2) is 15.0 Å². The highest BCUT2D eigenvalue weighted by Gasteiger charge is 2.15. The van der Waals surface area contributed by atoms with E-state index in [9.17, 15) is 8.78 Å². The van der Waals surface area contributed by atoms with E-state index in [4.69, 9.17) is 4.42 Å². The lowest BCUT2D eigenvalue weighted by atomic mass is 10.5. The van der Waals surface area contributed by atoms with Crippen molar-refractivity contribution < 1.29 is 13.2 Å². The summed E-state index contributed by atoms with van der Waals surface area (Å²) in [4.78, 5) is 4.10. The predicted octanol–water partition coefficient (Wildman–Crippen LogP) is 2.82. The molecule has 80 valence electrons. The molecule has 0 aliphatic rings. The summed E-state index contributed by atoms with van der Waals surface area (Å²) in [7, 11) is 0. The van der Waals surface area contributed by atoms with E-state index in [1.54, 1.807) is 5.38 Å². The van der Waals surface area contributed by atoms with Crippen molar-refractivity contribution in [3.63, 3.8) is 0 Å². The number of nitrogens with zero attached hydrogens (tertiary/aromatic N) is 3. The largest absolute Gasteiger partial charge is 0.409 e. The summed E-state index contributed by atoms with van der Waals surface area (Å²) >= 11 is 1.65. The Kier molecular flexibility index (Phi) is 2.96. The Balaban J connectivity index is 2.20. The van der Waals surface area contributed by atoms with Crippen molar-refractivity contribution in [2.75, 3.05) is 0 Å². The lowest BCUT2D eigenvalue weighted by Crippen LogP contribution is -1.80. The lowest BCUT2D eigenvalue weighted by Gasteiger charge is -1.89. The van der Waals surface area contributed by atoms with Crippen LogP contribution in [0, 0.1) is 6.92 Å². The van der Waals surface area contributed by atoms with E-state index in [0.717, 1.165) is 5.01 Å². The normalized spacial score (nSPS) is 11.2. The first-order chi connectivity index (χ1) is 7.15. The Bertz CT molecular complexity index is 457. The summed E-state index contributed by atoms with van der Waals surface area (Å²) < 4.78 is 28.9. The molecule has 0 fully saturated rings. The number of halogens is 2. The molecule has 0 aromatic carbocycles. The van der Waals surface area contributed by atoms with Crippen molar-refractivity contribution in [3.05, 3.63) is 10.4 Å². The first-order valence-corrected chi connectivity index (χ1v) is 5.62. The molecule has 2 rings (SSSR count). The molecule has 0 bridgehead atoms. The molecule has 8 heteroatoms. The highest BCUT2D eigenvalue weighted by Crippen LogP contribution is 2.27. The van der Waals surface area contributed by atoms with Gasteiger partial charge in [0.25, 0.3) is 16.9 Å². The molecule has 2 aromatic rings. The van der Waals surface area contributed by atoms with Gasteiger partial charge in [-0.2, -0.15) is 8.78 Å². The van der Waals surface area contributed by atoms with Crippen LogP contribution < -0.4 is 0 Å². The molecule has 0 aliphatic heterocycles. The van der Waals surface area contributed by atoms with Crippen LogP contribution in [0.1, 0.15) is 5.01 Å². The van der Waals surface area contributed by atoms with Crippen molar-refractivity contribution in [1.82, 2.24) is 15.2 Å². The highest BCUT2D eigenvalue weighted by atomic mass is 32.2. The van der Waals surface area contributed by atoms with E-state index in [2.05, 4.69) is 15.2 Å². The first-order valence-electron chi connectivity index (χ1n) is 3.86. The van der Waals surface area contributed by atoms with Gasteiger partial charge in [-0.3, -0.25) is 0 Å². The molecular weight excluding hydrogens is 244 g/mol. The summed E-state index contributed by atoms with van der Waals surface area (Å²) in [5, 5.41) is 9.54. The van der Waals surface area contributed by atoms with E-state index in [0.29, 0.717) is 5.69 Å². The van der Waals surface area contributed by atoms with Gasteiger partial charge < -0.3 is 4.42 Å². The van der Waals surface area contributed by atoms with E-state index >= 15 is 0 Å². The van der Waals surface area contributed by atoms with E-state index < -0.39 is 5.76 Å². The molecule has 0 spiro atoms. The van der Waals surface area contributed by atoms with Crippen LogP contribution >= 0.6 is 23.1 Å². The third kappa shape index (κ3) is 2.51. The SMILES string of the molecule is Cc1nc(-c2nnc(SC(F)F)o2)cs1. The molecule has 0 unspecified atom stereocenters. The van der Waals surface area contributed by atoms with Gasteiger partial charge in [-0.1, -0.05) is 0 Å². The van der Waals surface area contributed by atoms with Crippen LogP contribution in [0.2, 0.25) is 0 Å². The highest BCUT2D eigenvalue weighted by molar-refractivity contribution is 7.99. The average Bonchev–Trinajstić information content (AvgIpc) is 2.72. The number of aryl methyl sites for hydroxylation is 1. The molecular formula is C7H5F2N3OS2. The first kappa shape index (κ1) is 10.5. The van der Waals surface area contributed by atoms with Gasteiger partial charge in [0, 0.05) is 17.1 Å². The van der Waals surface area contributed by atoms with Gasteiger partial charge >= 0.3 is 0 Å². The molecule has 4 nitrogen and oxygen atoms in total. The third-order valence-electron chi connectivity index (χ3n) is 1.43. The molecule has 0 saturated carbocycles. The van der Waals surface area contributed by atoms with Crippen LogP contribution in [0.4, 0.5) is 8.78 Å². The maximum atomic E-state index is 12.0.